The van der Waals surface area contributed by atoms with Gasteiger partial charge < -0.3 is 9.84 Å². The molecule has 1 saturated heterocycles. The van der Waals surface area contributed by atoms with Crippen LogP contribution in [0.3, 0.4) is 0 Å². The standard InChI is InChI=1S/C13H18ClNO2/c14-12-5-1-2-6-13(12)17-9-8-15-7-3-4-11(15)10-16/h1-2,5-6,11,16H,3-4,7-10H2. The van der Waals surface area contributed by atoms with E-state index in [1.807, 2.05) is 24.3 Å². The Morgan fingerprint density at radius 3 is 3.00 bits per heavy atom. The molecule has 0 aromatic heterocycles. The van der Waals surface area contributed by atoms with Crippen LogP contribution in [0, 0.1) is 0 Å². The van der Waals surface area contributed by atoms with Crippen molar-refractivity contribution < 1.29 is 9.84 Å². The maximum Gasteiger partial charge on any atom is 0.137 e. The molecule has 1 atom stereocenters. The number of rotatable bonds is 5. The molecule has 0 bridgehead atoms. The topological polar surface area (TPSA) is 32.7 Å². The van der Waals surface area contributed by atoms with Crippen molar-refractivity contribution in [1.29, 1.82) is 0 Å². The summed E-state index contributed by atoms with van der Waals surface area (Å²) in [7, 11) is 0. The predicted molar refractivity (Wildman–Crippen MR) is 68.6 cm³/mol. The third kappa shape index (κ3) is 3.35. The molecule has 1 fully saturated rings. The highest BCUT2D eigenvalue weighted by Gasteiger charge is 2.23. The monoisotopic (exact) mass is 255 g/mol. The van der Waals surface area contributed by atoms with Gasteiger partial charge in [0.05, 0.1) is 11.6 Å². The van der Waals surface area contributed by atoms with Crippen LogP contribution in [0.15, 0.2) is 24.3 Å². The summed E-state index contributed by atoms with van der Waals surface area (Å²) in [4.78, 5) is 2.27. The van der Waals surface area contributed by atoms with E-state index in [4.69, 9.17) is 16.3 Å². The molecule has 94 valence electrons. The molecule has 3 nitrogen and oxygen atoms in total. The molecule has 0 radical (unpaired) electrons. The van der Waals surface area contributed by atoms with Crippen LogP contribution in [0.5, 0.6) is 5.75 Å². The largest absolute Gasteiger partial charge is 0.491 e. The number of halogens is 1. The second kappa shape index (κ2) is 6.24. The molecular weight excluding hydrogens is 238 g/mol. The minimum absolute atomic E-state index is 0.242. The van der Waals surface area contributed by atoms with Crippen LogP contribution in [0.2, 0.25) is 5.02 Å². The fourth-order valence-corrected chi connectivity index (χ4v) is 2.42. The molecule has 4 heteroatoms. The summed E-state index contributed by atoms with van der Waals surface area (Å²) in [6.07, 6.45) is 2.25. The average Bonchev–Trinajstić information content (AvgIpc) is 2.79. The fourth-order valence-electron chi connectivity index (χ4n) is 2.23. The number of likely N-dealkylation sites (tertiary alicyclic amines) is 1. The van der Waals surface area contributed by atoms with Crippen molar-refractivity contribution in [3.8, 4) is 5.75 Å². The zero-order valence-electron chi connectivity index (χ0n) is 9.81. The maximum atomic E-state index is 9.19. The molecule has 2 rings (SSSR count). The number of hydrogen-bond donors (Lipinski definition) is 1. The zero-order valence-corrected chi connectivity index (χ0v) is 10.6. The number of aliphatic hydroxyl groups excluding tert-OH is 1. The molecule has 0 saturated carbocycles. The van der Waals surface area contributed by atoms with Gasteiger partial charge in [0.2, 0.25) is 0 Å². The first kappa shape index (κ1) is 12.7. The van der Waals surface area contributed by atoms with Crippen molar-refractivity contribution in [2.45, 2.75) is 18.9 Å². The Kier molecular flexibility index (Phi) is 4.66. The molecule has 0 amide bonds. The maximum absolute atomic E-state index is 9.19. The molecule has 0 spiro atoms. The van der Waals surface area contributed by atoms with E-state index in [9.17, 15) is 5.11 Å². The molecule has 1 aromatic rings. The molecule has 1 unspecified atom stereocenters. The highest BCUT2D eigenvalue weighted by molar-refractivity contribution is 6.32. The van der Waals surface area contributed by atoms with Gasteiger partial charge in [-0.25, -0.2) is 0 Å². The summed E-state index contributed by atoms with van der Waals surface area (Å²) in [5.74, 6) is 0.730. The smallest absolute Gasteiger partial charge is 0.137 e. The number of aliphatic hydroxyl groups is 1. The van der Waals surface area contributed by atoms with Crippen LogP contribution in [-0.2, 0) is 0 Å². The minimum atomic E-state index is 0.242. The van der Waals surface area contributed by atoms with E-state index in [-0.39, 0.29) is 6.61 Å². The van der Waals surface area contributed by atoms with Gasteiger partial charge in [0, 0.05) is 12.6 Å². The Bertz CT molecular complexity index is 359. The van der Waals surface area contributed by atoms with Gasteiger partial charge in [0.1, 0.15) is 12.4 Å². The van der Waals surface area contributed by atoms with E-state index in [1.54, 1.807) is 0 Å². The van der Waals surface area contributed by atoms with Crippen molar-refractivity contribution in [2.24, 2.45) is 0 Å². The summed E-state index contributed by atoms with van der Waals surface area (Å²) in [5, 5.41) is 9.84. The summed E-state index contributed by atoms with van der Waals surface area (Å²) >= 11 is 6.00. The second-order valence-corrected chi connectivity index (χ2v) is 4.70. The number of hydrogen-bond acceptors (Lipinski definition) is 3. The number of nitrogens with zero attached hydrogens (tertiary/aromatic N) is 1. The summed E-state index contributed by atoms with van der Waals surface area (Å²) in [5.41, 5.74) is 0. The highest BCUT2D eigenvalue weighted by atomic mass is 35.5. The molecule has 1 aliphatic heterocycles. The van der Waals surface area contributed by atoms with Gasteiger partial charge in [-0.1, -0.05) is 23.7 Å². The van der Waals surface area contributed by atoms with Gasteiger partial charge in [0.15, 0.2) is 0 Å². The Morgan fingerprint density at radius 2 is 2.24 bits per heavy atom. The molecule has 0 aliphatic carbocycles. The lowest BCUT2D eigenvalue weighted by Gasteiger charge is -2.22. The third-order valence-electron chi connectivity index (χ3n) is 3.18. The van der Waals surface area contributed by atoms with E-state index in [2.05, 4.69) is 4.90 Å². The van der Waals surface area contributed by atoms with Crippen molar-refractivity contribution in [3.63, 3.8) is 0 Å². The van der Waals surface area contributed by atoms with E-state index < -0.39 is 0 Å². The Balaban J connectivity index is 1.78. The minimum Gasteiger partial charge on any atom is -0.491 e. The number of benzene rings is 1. The van der Waals surface area contributed by atoms with E-state index in [1.165, 1.54) is 0 Å². The van der Waals surface area contributed by atoms with Crippen molar-refractivity contribution in [3.05, 3.63) is 29.3 Å². The van der Waals surface area contributed by atoms with Gasteiger partial charge in [-0.15, -0.1) is 0 Å². The molecule has 17 heavy (non-hydrogen) atoms. The van der Waals surface area contributed by atoms with Crippen LogP contribution < -0.4 is 4.74 Å². The van der Waals surface area contributed by atoms with E-state index in [0.717, 1.165) is 31.7 Å². The summed E-state index contributed by atoms with van der Waals surface area (Å²) in [6, 6.07) is 7.80. The molecule has 1 heterocycles. The van der Waals surface area contributed by atoms with Gasteiger partial charge >= 0.3 is 0 Å². The highest BCUT2D eigenvalue weighted by Crippen LogP contribution is 2.23. The van der Waals surface area contributed by atoms with Gasteiger partial charge in [-0.2, -0.15) is 0 Å². The van der Waals surface area contributed by atoms with E-state index in [0.29, 0.717) is 17.7 Å². The average molecular weight is 256 g/mol. The zero-order chi connectivity index (χ0) is 12.1. The first-order valence-corrected chi connectivity index (χ1v) is 6.41. The second-order valence-electron chi connectivity index (χ2n) is 4.29. The summed E-state index contributed by atoms with van der Waals surface area (Å²) < 4.78 is 5.64. The molecular formula is C13H18ClNO2. The lowest BCUT2D eigenvalue weighted by molar-refractivity contribution is 0.139. The predicted octanol–water partition coefficient (Wildman–Crippen LogP) is 2.18. The summed E-state index contributed by atoms with van der Waals surface area (Å²) in [6.45, 7) is 2.75. The SMILES string of the molecule is OCC1CCCN1CCOc1ccccc1Cl. The van der Waals surface area contributed by atoms with Crippen LogP contribution in [0.25, 0.3) is 0 Å². The van der Waals surface area contributed by atoms with Crippen LogP contribution in [0.4, 0.5) is 0 Å². The third-order valence-corrected chi connectivity index (χ3v) is 3.49. The normalized spacial score (nSPS) is 20.7. The van der Waals surface area contributed by atoms with E-state index >= 15 is 0 Å². The van der Waals surface area contributed by atoms with Crippen molar-refractivity contribution in [2.75, 3.05) is 26.3 Å². The molecule has 1 N–H and O–H groups in total. The molecule has 1 aromatic carbocycles. The van der Waals surface area contributed by atoms with Crippen LogP contribution in [-0.4, -0.2) is 42.4 Å². The van der Waals surface area contributed by atoms with Gasteiger partial charge in [-0.3, -0.25) is 4.90 Å². The van der Waals surface area contributed by atoms with Crippen LogP contribution in [0.1, 0.15) is 12.8 Å². The lowest BCUT2D eigenvalue weighted by atomic mass is 10.2. The fraction of sp³-hybridized carbons (Fsp3) is 0.538. The number of para-hydroxylation sites is 1. The van der Waals surface area contributed by atoms with Crippen LogP contribution >= 0.6 is 11.6 Å². The first-order chi connectivity index (χ1) is 8.31. The first-order valence-electron chi connectivity index (χ1n) is 6.03. The van der Waals surface area contributed by atoms with Crippen molar-refractivity contribution in [1.82, 2.24) is 4.90 Å². The molecule has 1 aliphatic rings. The Hall–Kier alpha value is -0.770. The quantitative estimate of drug-likeness (QED) is 0.875. The Labute approximate surface area is 107 Å². The lowest BCUT2D eigenvalue weighted by Crippen LogP contribution is -2.35. The van der Waals surface area contributed by atoms with Gasteiger partial charge in [-0.05, 0) is 31.5 Å². The van der Waals surface area contributed by atoms with Crippen molar-refractivity contribution >= 4 is 11.6 Å². The Morgan fingerprint density at radius 1 is 1.41 bits per heavy atom. The number of ether oxygens (including phenoxy) is 1. The van der Waals surface area contributed by atoms with Gasteiger partial charge in [0.25, 0.3) is 0 Å².